The Bertz CT molecular complexity index is 773. The molecule has 0 bridgehead atoms. The van der Waals surface area contributed by atoms with E-state index in [1.165, 1.54) is 23.5 Å². The monoisotopic (exact) mass is 275 g/mol. The number of imidazole rings is 1. The molecule has 0 unspecified atom stereocenters. The maximum Gasteiger partial charge on any atom is 0.268 e. The van der Waals surface area contributed by atoms with Crippen LogP contribution in [0.3, 0.4) is 0 Å². The summed E-state index contributed by atoms with van der Waals surface area (Å²) in [7, 11) is 0. The predicted molar refractivity (Wildman–Crippen MR) is 71.7 cm³/mol. The highest BCUT2D eigenvalue weighted by Crippen LogP contribution is 2.28. The van der Waals surface area contributed by atoms with Gasteiger partial charge in [-0.15, -0.1) is 11.3 Å². The van der Waals surface area contributed by atoms with Gasteiger partial charge in [0.25, 0.3) is 5.91 Å². The number of primary amides is 1. The summed E-state index contributed by atoms with van der Waals surface area (Å²) in [5, 5.41) is 0. The number of carbonyl (C=O) groups is 1. The maximum atomic E-state index is 12.9. The topological polar surface area (TPSA) is 60.4 Å². The van der Waals surface area contributed by atoms with Crippen LogP contribution in [-0.2, 0) is 0 Å². The van der Waals surface area contributed by atoms with Crippen molar-refractivity contribution >= 4 is 22.2 Å². The van der Waals surface area contributed by atoms with Gasteiger partial charge in [0.05, 0.1) is 0 Å². The van der Waals surface area contributed by atoms with Gasteiger partial charge in [-0.05, 0) is 31.2 Å². The van der Waals surface area contributed by atoms with Crippen LogP contribution < -0.4 is 5.73 Å². The molecule has 0 spiro atoms. The lowest BCUT2D eigenvalue weighted by Crippen LogP contribution is -2.14. The number of hydrogen-bond donors (Lipinski definition) is 1. The number of amides is 1. The Morgan fingerprint density at radius 2 is 2.05 bits per heavy atom. The molecule has 0 saturated heterocycles. The standard InChI is InChI=1S/C13H10FN3OS/c1-7-6-17-11(12(15)18)10(16-13(17)19-7)8-2-4-9(14)5-3-8/h2-6H,1H3,(H2,15,18). The molecule has 4 nitrogen and oxygen atoms in total. The van der Waals surface area contributed by atoms with E-state index in [1.807, 2.05) is 13.1 Å². The Hall–Kier alpha value is -2.21. The number of rotatable bonds is 2. The van der Waals surface area contributed by atoms with Crippen molar-refractivity contribution in [3.05, 3.63) is 46.9 Å². The van der Waals surface area contributed by atoms with Gasteiger partial charge in [-0.1, -0.05) is 0 Å². The highest BCUT2D eigenvalue weighted by molar-refractivity contribution is 7.17. The summed E-state index contributed by atoms with van der Waals surface area (Å²) in [6.07, 6.45) is 1.82. The van der Waals surface area contributed by atoms with Gasteiger partial charge in [0, 0.05) is 16.6 Å². The summed E-state index contributed by atoms with van der Waals surface area (Å²) in [5.74, 6) is -0.883. The van der Waals surface area contributed by atoms with Crippen LogP contribution in [0, 0.1) is 12.7 Å². The number of aromatic nitrogens is 2. The van der Waals surface area contributed by atoms with Crippen LogP contribution >= 0.6 is 11.3 Å². The van der Waals surface area contributed by atoms with E-state index in [-0.39, 0.29) is 5.82 Å². The lowest BCUT2D eigenvalue weighted by Gasteiger charge is -2.00. The fraction of sp³-hybridized carbons (Fsp3) is 0.0769. The van der Waals surface area contributed by atoms with Gasteiger partial charge < -0.3 is 5.73 Å². The van der Waals surface area contributed by atoms with E-state index in [9.17, 15) is 9.18 Å². The Morgan fingerprint density at radius 1 is 1.37 bits per heavy atom. The first-order valence-electron chi connectivity index (χ1n) is 5.60. The quantitative estimate of drug-likeness (QED) is 0.781. The molecule has 2 aromatic heterocycles. The first-order valence-corrected chi connectivity index (χ1v) is 6.42. The Kier molecular flexibility index (Phi) is 2.60. The second-order valence-electron chi connectivity index (χ2n) is 4.17. The largest absolute Gasteiger partial charge is 0.364 e. The third-order valence-electron chi connectivity index (χ3n) is 2.79. The number of nitrogens with zero attached hydrogens (tertiary/aromatic N) is 2. The van der Waals surface area contributed by atoms with Crippen LogP contribution in [0.1, 0.15) is 15.4 Å². The first-order chi connectivity index (χ1) is 9.06. The molecule has 1 aromatic carbocycles. The second-order valence-corrected chi connectivity index (χ2v) is 5.39. The predicted octanol–water partition coefficient (Wildman–Crippen LogP) is 2.61. The van der Waals surface area contributed by atoms with Gasteiger partial charge in [0.15, 0.2) is 4.96 Å². The average molecular weight is 275 g/mol. The number of aryl methyl sites for hydroxylation is 1. The Balaban J connectivity index is 2.28. The van der Waals surface area contributed by atoms with Crippen LogP contribution in [0.25, 0.3) is 16.2 Å². The number of halogens is 1. The third-order valence-corrected chi connectivity index (χ3v) is 3.69. The molecule has 0 radical (unpaired) electrons. The summed E-state index contributed by atoms with van der Waals surface area (Å²) in [6, 6.07) is 5.83. The van der Waals surface area contributed by atoms with E-state index in [0.717, 1.165) is 4.88 Å². The van der Waals surface area contributed by atoms with Crippen molar-refractivity contribution in [3.63, 3.8) is 0 Å². The summed E-state index contributed by atoms with van der Waals surface area (Å²) in [6.45, 7) is 1.93. The molecular formula is C13H10FN3OS. The van der Waals surface area contributed by atoms with Gasteiger partial charge >= 0.3 is 0 Å². The average Bonchev–Trinajstić information content (AvgIpc) is 2.85. The first kappa shape index (κ1) is 11.9. The van der Waals surface area contributed by atoms with E-state index in [0.29, 0.717) is 21.9 Å². The van der Waals surface area contributed by atoms with Crippen molar-refractivity contribution in [2.45, 2.75) is 6.92 Å². The molecular weight excluding hydrogens is 265 g/mol. The van der Waals surface area contributed by atoms with Crippen LogP contribution in [0.2, 0.25) is 0 Å². The molecule has 0 saturated carbocycles. The molecule has 2 heterocycles. The molecule has 0 aliphatic carbocycles. The van der Waals surface area contributed by atoms with Crippen molar-refractivity contribution in [2.75, 3.05) is 0 Å². The van der Waals surface area contributed by atoms with Gasteiger partial charge in [-0.3, -0.25) is 9.20 Å². The maximum absolute atomic E-state index is 12.9. The van der Waals surface area contributed by atoms with E-state index in [4.69, 9.17) is 5.73 Å². The van der Waals surface area contributed by atoms with Crippen LogP contribution in [0.15, 0.2) is 30.5 Å². The van der Waals surface area contributed by atoms with E-state index >= 15 is 0 Å². The smallest absolute Gasteiger partial charge is 0.268 e. The van der Waals surface area contributed by atoms with Crippen LogP contribution in [-0.4, -0.2) is 15.3 Å². The van der Waals surface area contributed by atoms with E-state index < -0.39 is 5.91 Å². The van der Waals surface area contributed by atoms with Crippen molar-refractivity contribution in [1.82, 2.24) is 9.38 Å². The molecule has 19 heavy (non-hydrogen) atoms. The molecule has 0 aliphatic heterocycles. The van der Waals surface area contributed by atoms with E-state index in [2.05, 4.69) is 4.98 Å². The van der Waals surface area contributed by atoms with Crippen molar-refractivity contribution in [3.8, 4) is 11.3 Å². The third kappa shape index (κ3) is 1.90. The molecule has 1 amide bonds. The van der Waals surface area contributed by atoms with Crippen molar-refractivity contribution in [1.29, 1.82) is 0 Å². The van der Waals surface area contributed by atoms with Gasteiger partial charge in [-0.25, -0.2) is 9.37 Å². The highest BCUT2D eigenvalue weighted by Gasteiger charge is 2.19. The molecule has 0 aliphatic rings. The van der Waals surface area contributed by atoms with Crippen molar-refractivity contribution < 1.29 is 9.18 Å². The molecule has 3 aromatic rings. The van der Waals surface area contributed by atoms with E-state index in [1.54, 1.807) is 16.5 Å². The normalized spacial score (nSPS) is 11.1. The Labute approximate surface area is 112 Å². The fourth-order valence-corrected chi connectivity index (χ4v) is 2.83. The zero-order chi connectivity index (χ0) is 13.6. The van der Waals surface area contributed by atoms with Gasteiger partial charge in [-0.2, -0.15) is 0 Å². The highest BCUT2D eigenvalue weighted by atomic mass is 32.1. The van der Waals surface area contributed by atoms with Crippen LogP contribution in [0.5, 0.6) is 0 Å². The number of carbonyl (C=O) groups excluding carboxylic acids is 1. The van der Waals surface area contributed by atoms with Gasteiger partial charge in [0.2, 0.25) is 0 Å². The summed E-state index contributed by atoms with van der Waals surface area (Å²) < 4.78 is 14.6. The lowest BCUT2D eigenvalue weighted by atomic mass is 10.1. The molecule has 0 fully saturated rings. The minimum Gasteiger partial charge on any atom is -0.364 e. The minimum atomic E-state index is -0.551. The summed E-state index contributed by atoms with van der Waals surface area (Å²) >= 11 is 1.47. The number of nitrogens with two attached hydrogens (primary N) is 1. The number of hydrogen-bond acceptors (Lipinski definition) is 3. The van der Waals surface area contributed by atoms with Gasteiger partial charge in [0.1, 0.15) is 17.2 Å². The fourth-order valence-electron chi connectivity index (χ4n) is 2.00. The number of thiazole rings is 1. The SMILES string of the molecule is Cc1cn2c(C(N)=O)c(-c3ccc(F)cc3)nc2s1. The second kappa shape index (κ2) is 4.17. The zero-order valence-electron chi connectivity index (χ0n) is 10.1. The molecule has 3 rings (SSSR count). The zero-order valence-corrected chi connectivity index (χ0v) is 10.9. The molecule has 0 atom stereocenters. The molecule has 2 N–H and O–H groups in total. The minimum absolute atomic E-state index is 0.325. The lowest BCUT2D eigenvalue weighted by molar-refractivity contribution is 0.0995. The van der Waals surface area contributed by atoms with Crippen LogP contribution in [0.4, 0.5) is 4.39 Å². The number of fused-ring (bicyclic) bond motifs is 1. The summed E-state index contributed by atoms with van der Waals surface area (Å²) in [5.41, 5.74) is 6.91. The summed E-state index contributed by atoms with van der Waals surface area (Å²) in [4.78, 5) is 17.8. The molecule has 96 valence electrons. The number of benzene rings is 1. The molecule has 6 heteroatoms. The van der Waals surface area contributed by atoms with Crippen molar-refractivity contribution in [2.24, 2.45) is 5.73 Å². The Morgan fingerprint density at radius 3 is 2.68 bits per heavy atom.